The van der Waals surface area contributed by atoms with Crippen LogP contribution in [-0.4, -0.2) is 46.0 Å². The Morgan fingerprint density at radius 3 is 2.69 bits per heavy atom. The molecular formula is C31H30N6O4Si. The lowest BCUT2D eigenvalue weighted by Gasteiger charge is -2.30. The van der Waals surface area contributed by atoms with Gasteiger partial charge in [-0.3, -0.25) is 4.79 Å². The molecule has 1 aliphatic carbocycles. The summed E-state index contributed by atoms with van der Waals surface area (Å²) in [6.07, 6.45) is 7.46. The van der Waals surface area contributed by atoms with Crippen molar-refractivity contribution in [1.29, 1.82) is 0 Å². The maximum absolute atomic E-state index is 13.0. The molecule has 0 fully saturated rings. The number of nitrogens with one attached hydrogen (secondary N) is 1. The molecule has 6 rings (SSSR count). The Morgan fingerprint density at radius 2 is 1.93 bits per heavy atom. The van der Waals surface area contributed by atoms with Gasteiger partial charge in [0.1, 0.15) is 16.9 Å². The zero-order valence-electron chi connectivity index (χ0n) is 23.6. The van der Waals surface area contributed by atoms with Crippen LogP contribution in [0.2, 0.25) is 19.6 Å². The molecule has 0 saturated heterocycles. The van der Waals surface area contributed by atoms with E-state index in [1.807, 2.05) is 36.4 Å². The van der Waals surface area contributed by atoms with Crippen LogP contribution in [0.25, 0.3) is 21.9 Å². The second kappa shape index (κ2) is 10.9. The summed E-state index contributed by atoms with van der Waals surface area (Å²) in [6.45, 7) is 6.94. The monoisotopic (exact) mass is 578 g/mol. The van der Waals surface area contributed by atoms with Crippen molar-refractivity contribution in [3.8, 4) is 12.3 Å². The normalized spacial score (nSPS) is 14.6. The second-order valence-electron chi connectivity index (χ2n) is 11.2. The third-order valence-corrected chi connectivity index (χ3v) is 8.28. The molecule has 3 aromatic carbocycles. The minimum atomic E-state index is -1.75. The fourth-order valence-electron chi connectivity index (χ4n) is 5.26. The lowest BCUT2D eigenvalue weighted by atomic mass is 10.0. The van der Waals surface area contributed by atoms with Gasteiger partial charge in [0.15, 0.2) is 8.32 Å². The first-order valence-electron chi connectivity index (χ1n) is 13.7. The molecule has 1 atom stereocenters. The van der Waals surface area contributed by atoms with Gasteiger partial charge >= 0.3 is 5.97 Å². The molecule has 11 heteroatoms. The quantitative estimate of drug-likeness (QED) is 0.164. The van der Waals surface area contributed by atoms with E-state index < -0.39 is 14.3 Å². The summed E-state index contributed by atoms with van der Waals surface area (Å²) in [7, 11) is -1.75. The fraction of sp³-hybridized carbons (Fsp3) is 0.258. The highest BCUT2D eigenvalue weighted by atomic mass is 28.4. The van der Waals surface area contributed by atoms with Gasteiger partial charge in [-0.2, -0.15) is 0 Å². The number of H-pyrrole nitrogens is 1. The molecule has 0 unspecified atom stereocenters. The van der Waals surface area contributed by atoms with Gasteiger partial charge in [0.25, 0.3) is 5.56 Å². The molecule has 5 aromatic rings. The molecule has 0 saturated carbocycles. The Kier molecular flexibility index (Phi) is 7.10. The van der Waals surface area contributed by atoms with E-state index in [0.717, 1.165) is 34.5 Å². The van der Waals surface area contributed by atoms with E-state index in [4.69, 9.17) is 20.7 Å². The number of carbonyl (C=O) groups excluding carboxylic acids is 1. The summed E-state index contributed by atoms with van der Waals surface area (Å²) in [5, 5.41) is 8.47. The first-order chi connectivity index (χ1) is 20.2. The van der Waals surface area contributed by atoms with Crippen molar-refractivity contribution in [2.45, 2.75) is 45.1 Å². The van der Waals surface area contributed by atoms with Crippen molar-refractivity contribution in [2.75, 3.05) is 11.4 Å². The number of nitrogens with zero attached hydrogens (tertiary/aromatic N) is 5. The van der Waals surface area contributed by atoms with E-state index in [9.17, 15) is 9.59 Å². The Morgan fingerprint density at radius 1 is 1.14 bits per heavy atom. The standard InChI is InChI=1S/C31H30N6O4Si/c1-5-16-36(22-13-10-20(11-14-22)31(39)41-37-28-9-7-6-8-25(28)34-35-37)27-15-12-21-17-26-24(18-23(21)27)30(38)33-29(32-26)19-40-42(2,3)4/h1,6-11,13-14,17-18,27H,12,15-16,19H2,2-4H3,(H,32,33,38)/t27-/m0/s1. The van der Waals surface area contributed by atoms with Gasteiger partial charge in [-0.15, -0.1) is 11.5 Å². The van der Waals surface area contributed by atoms with E-state index in [0.29, 0.717) is 39.9 Å². The number of rotatable bonds is 8. The first-order valence-corrected chi connectivity index (χ1v) is 17.1. The SMILES string of the molecule is C#CCN(c1ccc(C(=O)On2nnc3ccccc32)cc1)[C@H]1CCc2cc3nc(CO[Si](C)(C)C)[nH]c(=O)c3cc21. The summed E-state index contributed by atoms with van der Waals surface area (Å²) in [4.78, 5) is 42.2. The van der Waals surface area contributed by atoms with Gasteiger partial charge in [0, 0.05) is 5.69 Å². The number of hydrogen-bond acceptors (Lipinski definition) is 8. The largest absolute Gasteiger partial charge is 0.410 e. The van der Waals surface area contributed by atoms with Crippen LogP contribution < -0.4 is 15.3 Å². The maximum Gasteiger partial charge on any atom is 0.365 e. The number of aromatic nitrogens is 5. The summed E-state index contributed by atoms with van der Waals surface area (Å²) in [5.74, 6) is 2.75. The van der Waals surface area contributed by atoms with Crippen LogP contribution in [0.1, 0.15) is 39.8 Å². The molecule has 10 nitrogen and oxygen atoms in total. The fourth-order valence-corrected chi connectivity index (χ4v) is 5.83. The van der Waals surface area contributed by atoms with Crippen molar-refractivity contribution in [2.24, 2.45) is 0 Å². The summed E-state index contributed by atoms with van der Waals surface area (Å²) in [5.41, 5.74) is 5.13. The number of terminal acetylenes is 1. The van der Waals surface area contributed by atoms with E-state index in [1.54, 1.807) is 24.3 Å². The number of aromatic amines is 1. The smallest absolute Gasteiger partial charge is 0.365 e. The molecule has 0 spiro atoms. The lowest BCUT2D eigenvalue weighted by Crippen LogP contribution is -2.28. The molecule has 1 aliphatic rings. The molecule has 0 radical (unpaired) electrons. The number of benzene rings is 3. The van der Waals surface area contributed by atoms with Crippen LogP contribution in [0, 0.1) is 12.3 Å². The van der Waals surface area contributed by atoms with Gasteiger partial charge in [0.2, 0.25) is 0 Å². The molecule has 0 amide bonds. The van der Waals surface area contributed by atoms with Crippen molar-refractivity contribution < 1.29 is 14.1 Å². The molecule has 2 aromatic heterocycles. The van der Waals surface area contributed by atoms with Crippen LogP contribution in [0.4, 0.5) is 5.69 Å². The Labute approximate surface area is 243 Å². The maximum atomic E-state index is 13.0. The predicted molar refractivity (Wildman–Crippen MR) is 163 cm³/mol. The number of para-hydroxylation sites is 1. The Bertz CT molecular complexity index is 1900. The predicted octanol–water partition coefficient (Wildman–Crippen LogP) is 4.42. The van der Waals surface area contributed by atoms with Crippen LogP contribution >= 0.6 is 0 Å². The highest BCUT2D eigenvalue weighted by Crippen LogP contribution is 2.39. The van der Waals surface area contributed by atoms with Gasteiger partial charge in [-0.25, -0.2) is 9.78 Å². The van der Waals surface area contributed by atoms with Gasteiger partial charge < -0.3 is 19.1 Å². The summed E-state index contributed by atoms with van der Waals surface area (Å²) >= 11 is 0. The summed E-state index contributed by atoms with van der Waals surface area (Å²) in [6, 6.07) is 18.3. The highest BCUT2D eigenvalue weighted by Gasteiger charge is 2.29. The Balaban J connectivity index is 1.25. The average molecular weight is 579 g/mol. The number of anilines is 1. The molecule has 1 N–H and O–H groups in total. The van der Waals surface area contributed by atoms with E-state index >= 15 is 0 Å². The number of hydrogen-bond donors (Lipinski definition) is 1. The Hall–Kier alpha value is -4.79. The summed E-state index contributed by atoms with van der Waals surface area (Å²) < 4.78 is 5.95. The third kappa shape index (κ3) is 5.42. The van der Waals surface area contributed by atoms with Gasteiger partial charge in [-0.1, -0.05) is 22.9 Å². The minimum absolute atomic E-state index is 0.0333. The molecule has 0 bridgehead atoms. The lowest BCUT2D eigenvalue weighted by molar-refractivity contribution is 0.0409. The average Bonchev–Trinajstić information content (AvgIpc) is 3.57. The zero-order valence-corrected chi connectivity index (χ0v) is 24.6. The number of carbonyl (C=O) groups is 1. The van der Waals surface area contributed by atoms with Crippen molar-refractivity contribution in [3.63, 3.8) is 0 Å². The molecule has 42 heavy (non-hydrogen) atoms. The van der Waals surface area contributed by atoms with Crippen LogP contribution in [0.5, 0.6) is 0 Å². The van der Waals surface area contributed by atoms with Crippen molar-refractivity contribution in [1.82, 2.24) is 25.1 Å². The van der Waals surface area contributed by atoms with Gasteiger partial charge in [-0.05, 0) is 97.4 Å². The minimum Gasteiger partial charge on any atom is -0.410 e. The van der Waals surface area contributed by atoms with E-state index in [1.165, 1.54) is 0 Å². The van der Waals surface area contributed by atoms with E-state index in [-0.39, 0.29) is 18.2 Å². The number of aryl methyl sites for hydroxylation is 1. The van der Waals surface area contributed by atoms with Crippen LogP contribution in [-0.2, 0) is 17.5 Å². The van der Waals surface area contributed by atoms with E-state index in [2.05, 4.69) is 45.8 Å². The second-order valence-corrected chi connectivity index (χ2v) is 15.8. The zero-order chi connectivity index (χ0) is 29.4. The van der Waals surface area contributed by atoms with Crippen molar-refractivity contribution in [3.05, 3.63) is 93.5 Å². The third-order valence-electron chi connectivity index (χ3n) is 7.27. The highest BCUT2D eigenvalue weighted by molar-refractivity contribution is 6.69. The first kappa shape index (κ1) is 27.4. The molecule has 2 heterocycles. The number of fused-ring (bicyclic) bond motifs is 3. The molecular weight excluding hydrogens is 548 g/mol. The topological polar surface area (TPSA) is 115 Å². The molecule has 212 valence electrons. The molecule has 0 aliphatic heterocycles. The van der Waals surface area contributed by atoms with Crippen LogP contribution in [0.15, 0.2) is 65.5 Å². The van der Waals surface area contributed by atoms with Crippen molar-refractivity contribution >= 4 is 41.9 Å². The van der Waals surface area contributed by atoms with Gasteiger partial charge in [0.05, 0.1) is 35.7 Å². The van der Waals surface area contributed by atoms with Crippen LogP contribution in [0.3, 0.4) is 0 Å².